The lowest BCUT2D eigenvalue weighted by atomic mass is 9.98. The number of hydrogen-bond donors (Lipinski definition) is 1. The van der Waals surface area contributed by atoms with E-state index in [1.54, 1.807) is 0 Å². The minimum atomic E-state index is -2.87. The maximum Gasteiger partial charge on any atom is 0.335 e. The van der Waals surface area contributed by atoms with E-state index >= 15 is 0 Å². The molecule has 0 radical (unpaired) electrons. The van der Waals surface area contributed by atoms with Gasteiger partial charge in [-0.25, -0.2) is 22.4 Å². The molecule has 3 rings (SSSR count). The zero-order chi connectivity index (χ0) is 17.4. The third-order valence-electron chi connectivity index (χ3n) is 3.60. The number of aromatic carboxylic acids is 1. The van der Waals surface area contributed by atoms with Crippen LogP contribution in [0.4, 0.5) is 17.6 Å². The van der Waals surface area contributed by atoms with Crippen molar-refractivity contribution in [1.29, 1.82) is 0 Å². The number of carbonyl (C=O) groups is 1. The zero-order valence-corrected chi connectivity index (χ0v) is 11.9. The number of aromatic nitrogens is 1. The lowest BCUT2D eigenvalue weighted by molar-refractivity contribution is 0.0697. The Hall–Kier alpha value is -2.96. The Bertz CT molecular complexity index is 936. The molecule has 0 bridgehead atoms. The van der Waals surface area contributed by atoms with Crippen LogP contribution in [0.25, 0.3) is 22.0 Å². The average molecular weight is 335 g/mol. The average Bonchev–Trinajstić information content (AvgIpc) is 2.53. The maximum absolute atomic E-state index is 14.0. The van der Waals surface area contributed by atoms with Gasteiger partial charge in [0.2, 0.25) is 0 Å². The second-order valence-electron chi connectivity index (χ2n) is 5.03. The molecule has 7 heteroatoms. The molecule has 2 aromatic carbocycles. The van der Waals surface area contributed by atoms with Crippen LogP contribution in [-0.4, -0.2) is 16.1 Å². The van der Waals surface area contributed by atoms with Gasteiger partial charge in [0.25, 0.3) is 6.43 Å². The van der Waals surface area contributed by atoms with Gasteiger partial charge in [-0.3, -0.25) is 4.98 Å². The van der Waals surface area contributed by atoms with Crippen molar-refractivity contribution in [3.05, 3.63) is 65.4 Å². The van der Waals surface area contributed by atoms with Crippen LogP contribution in [0, 0.1) is 11.6 Å². The Morgan fingerprint density at radius 1 is 1.04 bits per heavy atom. The number of benzene rings is 2. The van der Waals surface area contributed by atoms with Gasteiger partial charge in [0.1, 0.15) is 11.6 Å². The normalized spacial score (nSPS) is 11.2. The van der Waals surface area contributed by atoms with Gasteiger partial charge in [-0.15, -0.1) is 0 Å². The molecule has 122 valence electrons. The topological polar surface area (TPSA) is 50.2 Å². The van der Waals surface area contributed by atoms with Crippen LogP contribution in [0.3, 0.4) is 0 Å². The first-order valence-electron chi connectivity index (χ1n) is 6.78. The summed E-state index contributed by atoms with van der Waals surface area (Å²) in [4.78, 5) is 14.9. The number of rotatable bonds is 3. The summed E-state index contributed by atoms with van der Waals surface area (Å²) in [5, 5.41) is 9.01. The number of nitrogens with zero attached hydrogens (tertiary/aromatic N) is 1. The third kappa shape index (κ3) is 2.58. The summed E-state index contributed by atoms with van der Waals surface area (Å²) in [6.07, 6.45) is -2.02. The minimum Gasteiger partial charge on any atom is -0.478 e. The van der Waals surface area contributed by atoms with Crippen LogP contribution in [0.2, 0.25) is 0 Å². The summed E-state index contributed by atoms with van der Waals surface area (Å²) in [5.74, 6) is -3.14. The molecule has 0 fully saturated rings. The van der Waals surface area contributed by atoms with Crippen LogP contribution in [0.1, 0.15) is 22.3 Å². The molecule has 0 aliphatic heterocycles. The molecule has 3 aromatic rings. The molecule has 0 saturated carbocycles. The lowest BCUT2D eigenvalue weighted by Crippen LogP contribution is -2.00. The number of carboxylic acid groups (broad SMARTS) is 1. The smallest absolute Gasteiger partial charge is 0.335 e. The van der Waals surface area contributed by atoms with E-state index in [2.05, 4.69) is 4.98 Å². The molecule has 1 N–H and O–H groups in total. The first-order chi connectivity index (χ1) is 11.4. The molecule has 0 saturated heterocycles. The van der Waals surface area contributed by atoms with Crippen molar-refractivity contribution >= 4 is 16.7 Å². The number of hydrogen-bond acceptors (Lipinski definition) is 2. The van der Waals surface area contributed by atoms with Crippen LogP contribution < -0.4 is 0 Å². The van der Waals surface area contributed by atoms with Crippen molar-refractivity contribution < 1.29 is 27.5 Å². The summed E-state index contributed by atoms with van der Waals surface area (Å²) in [7, 11) is 0. The van der Waals surface area contributed by atoms with Crippen molar-refractivity contribution in [2.75, 3.05) is 0 Å². The molecule has 0 amide bonds. The summed E-state index contributed by atoms with van der Waals surface area (Å²) in [5.41, 5.74) is -1.37. The van der Waals surface area contributed by atoms with E-state index in [9.17, 15) is 22.4 Å². The van der Waals surface area contributed by atoms with E-state index in [0.717, 1.165) is 36.5 Å². The quantitative estimate of drug-likeness (QED) is 0.699. The van der Waals surface area contributed by atoms with Gasteiger partial charge in [0.05, 0.1) is 16.8 Å². The fourth-order valence-electron chi connectivity index (χ4n) is 2.50. The Balaban J connectivity index is 2.42. The second-order valence-corrected chi connectivity index (χ2v) is 5.03. The SMILES string of the molecule is O=C(O)c1ccc2c(C(F)F)cnc(-c3c(F)cccc3F)c2c1. The van der Waals surface area contributed by atoms with Gasteiger partial charge < -0.3 is 5.11 Å². The minimum absolute atomic E-state index is 0.0114. The highest BCUT2D eigenvalue weighted by molar-refractivity contribution is 6.01. The summed E-state index contributed by atoms with van der Waals surface area (Å²) in [6.45, 7) is 0. The number of fused-ring (bicyclic) bond motifs is 1. The largest absolute Gasteiger partial charge is 0.478 e. The first kappa shape index (κ1) is 15.9. The van der Waals surface area contributed by atoms with Crippen LogP contribution in [0.15, 0.2) is 42.6 Å². The fourth-order valence-corrected chi connectivity index (χ4v) is 2.50. The fraction of sp³-hybridized carbons (Fsp3) is 0.0588. The molecular formula is C17H9F4NO2. The van der Waals surface area contributed by atoms with E-state index in [1.165, 1.54) is 6.07 Å². The molecule has 0 atom stereocenters. The maximum atomic E-state index is 14.0. The first-order valence-corrected chi connectivity index (χ1v) is 6.78. The van der Waals surface area contributed by atoms with Crippen LogP contribution in [-0.2, 0) is 0 Å². The molecule has 0 aliphatic carbocycles. The monoisotopic (exact) mass is 335 g/mol. The Kier molecular flexibility index (Phi) is 3.92. The number of alkyl halides is 2. The summed E-state index contributed by atoms with van der Waals surface area (Å²) in [6, 6.07) is 6.59. The van der Waals surface area contributed by atoms with E-state index in [0.29, 0.717) is 0 Å². The van der Waals surface area contributed by atoms with Gasteiger partial charge in [-0.2, -0.15) is 0 Å². The van der Waals surface area contributed by atoms with Crippen LogP contribution >= 0.6 is 0 Å². The third-order valence-corrected chi connectivity index (χ3v) is 3.60. The number of pyridine rings is 1. The van der Waals surface area contributed by atoms with Crippen molar-refractivity contribution in [3.8, 4) is 11.3 Å². The predicted molar refractivity (Wildman–Crippen MR) is 79.0 cm³/mol. The standard InChI is InChI=1S/C17H9F4NO2/c18-12-2-1-3-13(19)14(12)15-10-6-8(17(23)24)4-5-9(10)11(7-22-15)16(20)21/h1-7,16H,(H,23,24). The van der Waals surface area contributed by atoms with Crippen LogP contribution in [0.5, 0.6) is 0 Å². The van der Waals surface area contributed by atoms with E-state index in [1.807, 2.05) is 0 Å². The predicted octanol–water partition coefficient (Wildman–Crippen LogP) is 4.82. The highest BCUT2D eigenvalue weighted by atomic mass is 19.3. The van der Waals surface area contributed by atoms with Crippen molar-refractivity contribution in [2.45, 2.75) is 6.43 Å². The van der Waals surface area contributed by atoms with E-state index in [4.69, 9.17) is 5.11 Å². The molecule has 1 aromatic heterocycles. The summed E-state index contributed by atoms with van der Waals surface area (Å²) >= 11 is 0. The molecule has 24 heavy (non-hydrogen) atoms. The molecular weight excluding hydrogens is 326 g/mol. The number of carboxylic acids is 1. The van der Waals surface area contributed by atoms with Gasteiger partial charge >= 0.3 is 5.97 Å². The van der Waals surface area contributed by atoms with Gasteiger partial charge in [-0.1, -0.05) is 12.1 Å². The van der Waals surface area contributed by atoms with Crippen molar-refractivity contribution in [2.24, 2.45) is 0 Å². The van der Waals surface area contributed by atoms with E-state index < -0.39 is 35.2 Å². The van der Waals surface area contributed by atoms with Gasteiger partial charge in [-0.05, 0) is 29.7 Å². The second kappa shape index (κ2) is 5.92. The molecule has 0 aliphatic rings. The molecule has 0 unspecified atom stereocenters. The highest BCUT2D eigenvalue weighted by Gasteiger charge is 2.20. The Labute approximate surface area is 133 Å². The van der Waals surface area contributed by atoms with Crippen molar-refractivity contribution in [3.63, 3.8) is 0 Å². The molecule has 1 heterocycles. The molecule has 3 nitrogen and oxygen atoms in total. The van der Waals surface area contributed by atoms with Gasteiger partial charge in [0, 0.05) is 17.1 Å². The highest BCUT2D eigenvalue weighted by Crippen LogP contribution is 2.35. The lowest BCUT2D eigenvalue weighted by Gasteiger charge is -2.12. The Morgan fingerprint density at radius 2 is 1.71 bits per heavy atom. The van der Waals surface area contributed by atoms with E-state index in [-0.39, 0.29) is 22.0 Å². The Morgan fingerprint density at radius 3 is 2.29 bits per heavy atom. The zero-order valence-electron chi connectivity index (χ0n) is 11.9. The summed E-state index contributed by atoms with van der Waals surface area (Å²) < 4.78 is 54.4. The van der Waals surface area contributed by atoms with Crippen molar-refractivity contribution in [1.82, 2.24) is 4.98 Å². The molecule has 0 spiro atoms. The number of halogens is 4. The van der Waals surface area contributed by atoms with Gasteiger partial charge in [0.15, 0.2) is 0 Å².